The van der Waals surface area contributed by atoms with E-state index in [2.05, 4.69) is 5.32 Å². The minimum Gasteiger partial charge on any atom is -0.493 e. The van der Waals surface area contributed by atoms with E-state index in [9.17, 15) is 8.78 Å². The van der Waals surface area contributed by atoms with Crippen LogP contribution in [0.2, 0.25) is 0 Å². The standard InChI is InChI=1S/C13H17F2NO/c1-9(7-16-12-2-3-12)8-17-13-5-10(14)4-11(15)6-13/h4-6,9,12,16H,2-3,7-8H2,1H3. The Morgan fingerprint density at radius 2 is 1.94 bits per heavy atom. The van der Waals surface area contributed by atoms with Crippen LogP contribution < -0.4 is 10.1 Å². The summed E-state index contributed by atoms with van der Waals surface area (Å²) in [5, 5.41) is 3.39. The predicted octanol–water partition coefficient (Wildman–Crippen LogP) is 2.73. The molecule has 0 bridgehead atoms. The molecular weight excluding hydrogens is 224 g/mol. The molecule has 4 heteroatoms. The molecule has 2 rings (SSSR count). The van der Waals surface area contributed by atoms with Gasteiger partial charge in [-0.05, 0) is 12.8 Å². The van der Waals surface area contributed by atoms with Crippen molar-refractivity contribution in [1.29, 1.82) is 0 Å². The van der Waals surface area contributed by atoms with Crippen molar-refractivity contribution in [2.24, 2.45) is 5.92 Å². The van der Waals surface area contributed by atoms with Gasteiger partial charge in [-0.15, -0.1) is 0 Å². The fourth-order valence-electron chi connectivity index (χ4n) is 1.56. The molecule has 0 spiro atoms. The lowest BCUT2D eigenvalue weighted by Crippen LogP contribution is -2.26. The molecule has 1 unspecified atom stereocenters. The van der Waals surface area contributed by atoms with E-state index in [1.165, 1.54) is 25.0 Å². The molecule has 17 heavy (non-hydrogen) atoms. The SMILES string of the molecule is CC(CNC1CC1)COc1cc(F)cc(F)c1. The van der Waals surface area contributed by atoms with E-state index in [0.29, 0.717) is 18.6 Å². The van der Waals surface area contributed by atoms with Gasteiger partial charge in [0.05, 0.1) is 6.61 Å². The molecule has 2 nitrogen and oxygen atoms in total. The first-order valence-corrected chi connectivity index (χ1v) is 5.96. The van der Waals surface area contributed by atoms with E-state index >= 15 is 0 Å². The van der Waals surface area contributed by atoms with Crippen LogP contribution in [0.25, 0.3) is 0 Å². The third-order valence-electron chi connectivity index (χ3n) is 2.70. The second-order valence-electron chi connectivity index (χ2n) is 4.70. The molecule has 0 saturated heterocycles. The summed E-state index contributed by atoms with van der Waals surface area (Å²) in [5.41, 5.74) is 0. The van der Waals surface area contributed by atoms with Gasteiger partial charge in [0.25, 0.3) is 0 Å². The van der Waals surface area contributed by atoms with Gasteiger partial charge in [-0.25, -0.2) is 8.78 Å². The van der Waals surface area contributed by atoms with E-state index in [4.69, 9.17) is 4.74 Å². The molecule has 1 fully saturated rings. The molecule has 0 amide bonds. The molecule has 1 atom stereocenters. The van der Waals surface area contributed by atoms with Crippen LogP contribution in [0.15, 0.2) is 18.2 Å². The largest absolute Gasteiger partial charge is 0.493 e. The first kappa shape index (κ1) is 12.3. The quantitative estimate of drug-likeness (QED) is 0.826. The van der Waals surface area contributed by atoms with Crippen molar-refractivity contribution >= 4 is 0 Å². The molecule has 1 aliphatic carbocycles. The Morgan fingerprint density at radius 1 is 1.29 bits per heavy atom. The lowest BCUT2D eigenvalue weighted by atomic mass is 10.2. The lowest BCUT2D eigenvalue weighted by molar-refractivity contribution is 0.253. The molecule has 1 aromatic rings. The molecule has 94 valence electrons. The second-order valence-corrected chi connectivity index (χ2v) is 4.70. The highest BCUT2D eigenvalue weighted by Gasteiger charge is 2.20. The van der Waals surface area contributed by atoms with Crippen molar-refractivity contribution in [3.63, 3.8) is 0 Å². The Balaban J connectivity index is 1.75. The second kappa shape index (κ2) is 5.45. The van der Waals surface area contributed by atoms with Crippen LogP contribution in [0.5, 0.6) is 5.75 Å². The fourth-order valence-corrected chi connectivity index (χ4v) is 1.56. The van der Waals surface area contributed by atoms with Gasteiger partial charge >= 0.3 is 0 Å². The molecule has 1 aliphatic rings. The summed E-state index contributed by atoms with van der Waals surface area (Å²) in [4.78, 5) is 0. The Kier molecular flexibility index (Phi) is 3.94. The van der Waals surface area contributed by atoms with Crippen LogP contribution >= 0.6 is 0 Å². The highest BCUT2D eigenvalue weighted by Crippen LogP contribution is 2.19. The van der Waals surface area contributed by atoms with E-state index in [-0.39, 0.29) is 5.75 Å². The Morgan fingerprint density at radius 3 is 2.53 bits per heavy atom. The van der Waals surface area contributed by atoms with Crippen LogP contribution in [-0.4, -0.2) is 19.2 Å². The molecular formula is C13H17F2NO. The number of nitrogens with one attached hydrogen (secondary N) is 1. The summed E-state index contributed by atoms with van der Waals surface area (Å²) < 4.78 is 31.1. The smallest absolute Gasteiger partial charge is 0.129 e. The summed E-state index contributed by atoms with van der Waals surface area (Å²) in [5.74, 6) is -0.643. The average Bonchev–Trinajstić information content (AvgIpc) is 3.06. The highest BCUT2D eigenvalue weighted by molar-refractivity contribution is 5.23. The van der Waals surface area contributed by atoms with Crippen molar-refractivity contribution < 1.29 is 13.5 Å². The minimum atomic E-state index is -0.608. The maximum atomic E-state index is 12.9. The number of ether oxygens (including phenoxy) is 1. The van der Waals surface area contributed by atoms with Crippen molar-refractivity contribution in [2.75, 3.05) is 13.2 Å². The summed E-state index contributed by atoms with van der Waals surface area (Å²) in [6.07, 6.45) is 2.51. The van der Waals surface area contributed by atoms with Gasteiger partial charge in [0.15, 0.2) is 0 Å². The van der Waals surface area contributed by atoms with E-state index in [0.717, 1.165) is 12.6 Å². The number of halogens is 2. The molecule has 0 heterocycles. The molecule has 0 radical (unpaired) electrons. The molecule has 1 N–H and O–H groups in total. The van der Waals surface area contributed by atoms with Gasteiger partial charge < -0.3 is 10.1 Å². The summed E-state index contributed by atoms with van der Waals surface area (Å²) in [6.45, 7) is 3.39. The number of hydrogen-bond donors (Lipinski definition) is 1. The maximum Gasteiger partial charge on any atom is 0.129 e. The van der Waals surface area contributed by atoms with Crippen LogP contribution in [0.3, 0.4) is 0 Å². The Labute approximate surface area is 100.0 Å². The predicted molar refractivity (Wildman–Crippen MR) is 62.0 cm³/mol. The van der Waals surface area contributed by atoms with Gasteiger partial charge in [0.1, 0.15) is 17.4 Å². The van der Waals surface area contributed by atoms with Gasteiger partial charge in [-0.1, -0.05) is 6.92 Å². The first-order chi connectivity index (χ1) is 8.13. The fraction of sp³-hybridized carbons (Fsp3) is 0.538. The zero-order valence-corrected chi connectivity index (χ0v) is 9.88. The summed E-state index contributed by atoms with van der Waals surface area (Å²) in [7, 11) is 0. The van der Waals surface area contributed by atoms with Crippen LogP contribution in [0.4, 0.5) is 8.78 Å². The van der Waals surface area contributed by atoms with Crippen LogP contribution in [0, 0.1) is 17.6 Å². The van der Waals surface area contributed by atoms with Crippen LogP contribution in [0.1, 0.15) is 19.8 Å². The number of benzene rings is 1. The zero-order chi connectivity index (χ0) is 12.3. The normalized spacial score (nSPS) is 16.9. The number of hydrogen-bond acceptors (Lipinski definition) is 2. The number of rotatable bonds is 6. The molecule has 0 aliphatic heterocycles. The van der Waals surface area contributed by atoms with Crippen molar-refractivity contribution in [2.45, 2.75) is 25.8 Å². The lowest BCUT2D eigenvalue weighted by Gasteiger charge is -2.13. The zero-order valence-electron chi connectivity index (χ0n) is 9.88. The van der Waals surface area contributed by atoms with Gasteiger partial charge in [0.2, 0.25) is 0 Å². The summed E-state index contributed by atoms with van der Waals surface area (Å²) in [6, 6.07) is 3.91. The molecule has 0 aromatic heterocycles. The summed E-state index contributed by atoms with van der Waals surface area (Å²) >= 11 is 0. The monoisotopic (exact) mass is 241 g/mol. The van der Waals surface area contributed by atoms with Gasteiger partial charge in [-0.2, -0.15) is 0 Å². The molecule has 1 saturated carbocycles. The van der Waals surface area contributed by atoms with Crippen molar-refractivity contribution in [3.05, 3.63) is 29.8 Å². The van der Waals surface area contributed by atoms with Crippen LogP contribution in [-0.2, 0) is 0 Å². The maximum absolute atomic E-state index is 12.9. The highest BCUT2D eigenvalue weighted by atomic mass is 19.1. The Bertz CT molecular complexity index is 359. The topological polar surface area (TPSA) is 21.3 Å². The van der Waals surface area contributed by atoms with E-state index in [1.54, 1.807) is 0 Å². The van der Waals surface area contributed by atoms with Gasteiger partial charge in [0, 0.05) is 36.7 Å². The van der Waals surface area contributed by atoms with Gasteiger partial charge in [-0.3, -0.25) is 0 Å². The molecule has 1 aromatic carbocycles. The first-order valence-electron chi connectivity index (χ1n) is 5.96. The van der Waals surface area contributed by atoms with E-state index in [1.807, 2.05) is 6.92 Å². The average molecular weight is 241 g/mol. The van der Waals surface area contributed by atoms with Crippen molar-refractivity contribution in [1.82, 2.24) is 5.32 Å². The third kappa shape index (κ3) is 4.30. The third-order valence-corrected chi connectivity index (χ3v) is 2.70. The Hall–Kier alpha value is -1.16. The van der Waals surface area contributed by atoms with E-state index < -0.39 is 11.6 Å². The minimum absolute atomic E-state index is 0.251. The van der Waals surface area contributed by atoms with Crippen molar-refractivity contribution in [3.8, 4) is 5.75 Å².